The molecule has 0 bridgehead atoms. The van der Waals surface area contributed by atoms with Gasteiger partial charge in [-0.1, -0.05) is 19.8 Å². The molecule has 0 spiro atoms. The third-order valence-corrected chi connectivity index (χ3v) is 5.52. The van der Waals surface area contributed by atoms with Crippen LogP contribution in [-0.4, -0.2) is 38.2 Å². The van der Waals surface area contributed by atoms with Crippen molar-refractivity contribution < 1.29 is 21.6 Å². The van der Waals surface area contributed by atoms with Gasteiger partial charge >= 0.3 is 6.18 Å². The molecular weight excluding hydrogens is 279 g/mol. The average Bonchev–Trinajstić information content (AvgIpc) is 2.27. The molecule has 3 atom stereocenters. The average molecular weight is 301 g/mol. The van der Waals surface area contributed by atoms with E-state index in [0.29, 0.717) is 12.8 Å². The first-order chi connectivity index (χ1) is 8.65. The molecule has 0 aromatic rings. The Morgan fingerprint density at radius 1 is 1.26 bits per heavy atom. The van der Waals surface area contributed by atoms with E-state index in [1.165, 1.54) is 0 Å². The molecule has 0 heterocycles. The van der Waals surface area contributed by atoms with Gasteiger partial charge in [-0.25, -0.2) is 8.42 Å². The molecule has 1 N–H and O–H groups in total. The van der Waals surface area contributed by atoms with Crippen LogP contribution in [0, 0.1) is 5.92 Å². The fraction of sp³-hybridized carbons (Fsp3) is 1.00. The fourth-order valence-corrected chi connectivity index (χ4v) is 3.73. The lowest BCUT2D eigenvalue weighted by molar-refractivity contribution is -0.189. The van der Waals surface area contributed by atoms with Gasteiger partial charge in [-0.05, 0) is 19.8 Å². The Labute approximate surface area is 112 Å². The fourth-order valence-electron chi connectivity index (χ4n) is 2.63. The molecule has 0 aliphatic heterocycles. The highest BCUT2D eigenvalue weighted by Gasteiger charge is 2.45. The van der Waals surface area contributed by atoms with Crippen LogP contribution in [0.1, 0.15) is 39.5 Å². The van der Waals surface area contributed by atoms with Crippen LogP contribution < -0.4 is 5.32 Å². The monoisotopic (exact) mass is 301 g/mol. The maximum absolute atomic E-state index is 12.9. The summed E-state index contributed by atoms with van der Waals surface area (Å²) in [6, 6.07) is -1.10. The van der Waals surface area contributed by atoms with Gasteiger partial charge in [0.25, 0.3) is 0 Å². The van der Waals surface area contributed by atoms with Gasteiger partial charge < -0.3 is 5.32 Å². The van der Waals surface area contributed by atoms with E-state index >= 15 is 0 Å². The van der Waals surface area contributed by atoms with Crippen LogP contribution in [0.5, 0.6) is 0 Å². The van der Waals surface area contributed by atoms with Crippen molar-refractivity contribution in [1.82, 2.24) is 5.32 Å². The third-order valence-electron chi connectivity index (χ3n) is 3.63. The second-order valence-electron chi connectivity index (χ2n) is 5.31. The molecule has 1 aliphatic carbocycles. The van der Waals surface area contributed by atoms with Crippen molar-refractivity contribution in [2.24, 2.45) is 5.92 Å². The van der Waals surface area contributed by atoms with Crippen LogP contribution in [0.4, 0.5) is 13.2 Å². The van der Waals surface area contributed by atoms with Gasteiger partial charge in [0, 0.05) is 17.8 Å². The summed E-state index contributed by atoms with van der Waals surface area (Å²) in [6.45, 7) is 3.18. The molecule has 1 aliphatic rings. The van der Waals surface area contributed by atoms with Gasteiger partial charge in [-0.3, -0.25) is 0 Å². The molecule has 1 fully saturated rings. The lowest BCUT2D eigenvalue weighted by Crippen LogP contribution is -2.50. The van der Waals surface area contributed by atoms with Gasteiger partial charge in [0.05, 0.1) is 11.7 Å². The number of hydrogen-bond acceptors (Lipinski definition) is 3. The van der Waals surface area contributed by atoms with E-state index in [1.807, 2.05) is 0 Å². The predicted molar refractivity (Wildman–Crippen MR) is 68.7 cm³/mol. The molecule has 1 rings (SSSR count). The highest BCUT2D eigenvalue weighted by atomic mass is 32.2. The van der Waals surface area contributed by atoms with Crippen molar-refractivity contribution in [2.75, 3.05) is 11.5 Å². The largest absolute Gasteiger partial charge is 0.393 e. The Hall–Kier alpha value is -0.300. The van der Waals surface area contributed by atoms with Crippen LogP contribution in [0.3, 0.4) is 0 Å². The smallest absolute Gasteiger partial charge is 0.310 e. The molecule has 0 saturated heterocycles. The highest BCUT2D eigenvalue weighted by molar-refractivity contribution is 7.91. The number of sulfone groups is 1. The van der Waals surface area contributed by atoms with Crippen molar-refractivity contribution in [1.29, 1.82) is 0 Å². The van der Waals surface area contributed by atoms with Crippen LogP contribution in [0.25, 0.3) is 0 Å². The normalized spacial score (nSPS) is 27.2. The van der Waals surface area contributed by atoms with Crippen molar-refractivity contribution >= 4 is 9.84 Å². The number of alkyl halides is 3. The molecule has 7 heteroatoms. The molecule has 3 unspecified atom stereocenters. The first-order valence-corrected chi connectivity index (χ1v) is 8.51. The van der Waals surface area contributed by atoms with E-state index in [0.717, 1.165) is 6.42 Å². The number of rotatable bonds is 5. The van der Waals surface area contributed by atoms with E-state index in [-0.39, 0.29) is 17.9 Å². The van der Waals surface area contributed by atoms with E-state index < -0.39 is 34.0 Å². The summed E-state index contributed by atoms with van der Waals surface area (Å²) in [5, 5.41) is 2.87. The second-order valence-corrected chi connectivity index (χ2v) is 7.70. The lowest BCUT2D eigenvalue weighted by Gasteiger charge is -2.35. The maximum Gasteiger partial charge on any atom is 0.393 e. The number of nitrogens with one attached hydrogen (secondary N) is 1. The zero-order valence-electron chi connectivity index (χ0n) is 11.3. The topological polar surface area (TPSA) is 46.2 Å². The van der Waals surface area contributed by atoms with Gasteiger partial charge in [0.1, 0.15) is 0 Å². The Morgan fingerprint density at radius 3 is 2.37 bits per heavy atom. The van der Waals surface area contributed by atoms with Gasteiger partial charge in [0.2, 0.25) is 0 Å². The Morgan fingerprint density at radius 2 is 1.84 bits per heavy atom. The van der Waals surface area contributed by atoms with Crippen molar-refractivity contribution in [3.63, 3.8) is 0 Å². The molecular formula is C12H22F3NO2S. The van der Waals surface area contributed by atoms with E-state index in [9.17, 15) is 21.6 Å². The van der Waals surface area contributed by atoms with Crippen LogP contribution in [0.2, 0.25) is 0 Å². The maximum atomic E-state index is 12.9. The summed E-state index contributed by atoms with van der Waals surface area (Å²) < 4.78 is 61.6. The van der Waals surface area contributed by atoms with E-state index in [4.69, 9.17) is 0 Å². The van der Waals surface area contributed by atoms with Crippen molar-refractivity contribution in [2.45, 2.75) is 57.8 Å². The first kappa shape index (κ1) is 16.8. The minimum absolute atomic E-state index is 0.0202. The van der Waals surface area contributed by atoms with Crippen LogP contribution >= 0.6 is 0 Å². The molecule has 0 aromatic heterocycles. The van der Waals surface area contributed by atoms with Gasteiger partial charge in [-0.15, -0.1) is 0 Å². The molecule has 3 nitrogen and oxygen atoms in total. The van der Waals surface area contributed by atoms with Gasteiger partial charge in [0.15, 0.2) is 9.84 Å². The Kier molecular flexibility index (Phi) is 5.67. The van der Waals surface area contributed by atoms with Crippen molar-refractivity contribution in [3.05, 3.63) is 0 Å². The van der Waals surface area contributed by atoms with Crippen LogP contribution in [0.15, 0.2) is 0 Å². The molecule has 1 saturated carbocycles. The summed E-state index contributed by atoms with van der Waals surface area (Å²) >= 11 is 0. The standard InChI is InChI=1S/C12H22F3NO2S/c1-3-19(17,18)8-9(2)16-11-7-5-4-6-10(11)12(13,14)15/h9-11,16H,3-8H2,1-2H3. The van der Waals surface area contributed by atoms with E-state index in [2.05, 4.69) is 5.32 Å². The zero-order chi connectivity index (χ0) is 14.7. The molecule has 19 heavy (non-hydrogen) atoms. The number of halogens is 3. The Balaban J connectivity index is 2.63. The molecule has 114 valence electrons. The quantitative estimate of drug-likeness (QED) is 0.849. The summed E-state index contributed by atoms with van der Waals surface area (Å²) in [5.41, 5.74) is 0. The summed E-state index contributed by atoms with van der Waals surface area (Å²) in [5.74, 6) is -1.44. The minimum atomic E-state index is -4.21. The zero-order valence-corrected chi connectivity index (χ0v) is 12.1. The Bertz CT molecular complexity index is 381. The minimum Gasteiger partial charge on any atom is -0.310 e. The molecule has 0 radical (unpaired) electrons. The van der Waals surface area contributed by atoms with Crippen molar-refractivity contribution in [3.8, 4) is 0 Å². The second kappa shape index (κ2) is 6.43. The highest BCUT2D eigenvalue weighted by Crippen LogP contribution is 2.37. The number of hydrogen-bond donors (Lipinski definition) is 1. The van der Waals surface area contributed by atoms with Gasteiger partial charge in [-0.2, -0.15) is 13.2 Å². The molecule has 0 aromatic carbocycles. The first-order valence-electron chi connectivity index (χ1n) is 6.69. The SMILES string of the molecule is CCS(=O)(=O)CC(C)NC1CCCCC1C(F)(F)F. The van der Waals surface area contributed by atoms with Crippen LogP contribution in [-0.2, 0) is 9.84 Å². The summed E-state index contributed by atoms with van der Waals surface area (Å²) in [6.07, 6.45) is -2.27. The lowest BCUT2D eigenvalue weighted by atomic mass is 9.83. The van der Waals surface area contributed by atoms with E-state index in [1.54, 1.807) is 13.8 Å². The summed E-state index contributed by atoms with van der Waals surface area (Å²) in [4.78, 5) is 0. The molecule has 0 amide bonds. The summed E-state index contributed by atoms with van der Waals surface area (Å²) in [7, 11) is -3.17. The third kappa shape index (κ3) is 5.30. The predicted octanol–water partition coefficient (Wildman–Crippen LogP) is 2.52.